The Kier molecular flexibility index (Phi) is 6.60. The van der Waals surface area contributed by atoms with Gasteiger partial charge in [-0.3, -0.25) is 9.36 Å². The van der Waals surface area contributed by atoms with E-state index in [-0.39, 0.29) is 16.4 Å². The van der Waals surface area contributed by atoms with Gasteiger partial charge in [0.15, 0.2) is 9.84 Å². The highest BCUT2D eigenvalue weighted by molar-refractivity contribution is 7.90. The number of nitrogens with two attached hydrogens (primary N) is 1. The Morgan fingerprint density at radius 2 is 1.74 bits per heavy atom. The van der Waals surface area contributed by atoms with Crippen LogP contribution in [0.5, 0.6) is 0 Å². The number of benzene rings is 3. The number of sulfone groups is 1. The van der Waals surface area contributed by atoms with Gasteiger partial charge in [0.25, 0.3) is 5.56 Å². The molecule has 0 radical (unpaired) electrons. The zero-order valence-electron chi connectivity index (χ0n) is 20.5. The molecule has 0 amide bonds. The number of hydrogen-bond acceptors (Lipinski definition) is 8. The monoisotopic (exact) mass is 546 g/mol. The van der Waals surface area contributed by atoms with Crippen molar-refractivity contribution in [3.8, 4) is 16.8 Å². The van der Waals surface area contributed by atoms with E-state index in [0.717, 1.165) is 6.26 Å². The van der Waals surface area contributed by atoms with Gasteiger partial charge in [0, 0.05) is 18.0 Å². The third-order valence-electron chi connectivity index (χ3n) is 6.01. The van der Waals surface area contributed by atoms with Crippen LogP contribution in [0.2, 0.25) is 5.02 Å². The number of para-hydroxylation sites is 1. The summed E-state index contributed by atoms with van der Waals surface area (Å²) in [5.74, 6) is 0.807. The molecule has 3 aromatic carbocycles. The minimum absolute atomic E-state index is 0.0291. The third kappa shape index (κ3) is 4.83. The van der Waals surface area contributed by atoms with Gasteiger partial charge in [-0.15, -0.1) is 0 Å². The molecule has 0 saturated heterocycles. The van der Waals surface area contributed by atoms with Gasteiger partial charge in [-0.25, -0.2) is 18.4 Å². The predicted octanol–water partition coefficient (Wildman–Crippen LogP) is 4.65. The summed E-state index contributed by atoms with van der Waals surface area (Å²) in [4.78, 5) is 27.2. The first-order chi connectivity index (χ1) is 18.1. The largest absolute Gasteiger partial charge is 0.368 e. The van der Waals surface area contributed by atoms with Gasteiger partial charge in [0.05, 0.1) is 32.6 Å². The van der Waals surface area contributed by atoms with Gasteiger partial charge in [-0.05, 0) is 48.9 Å². The third-order valence-corrected chi connectivity index (χ3v) is 7.43. The topological polar surface area (TPSA) is 133 Å². The molecule has 9 nitrogen and oxygen atoms in total. The number of hydrogen-bond donors (Lipinski definition) is 2. The Balaban J connectivity index is 1.66. The lowest BCUT2D eigenvalue weighted by atomic mass is 10.1. The van der Waals surface area contributed by atoms with Crippen molar-refractivity contribution in [2.24, 2.45) is 0 Å². The van der Waals surface area contributed by atoms with Crippen LogP contribution in [-0.2, 0) is 9.84 Å². The Morgan fingerprint density at radius 1 is 1.00 bits per heavy atom. The normalized spacial score (nSPS) is 12.4. The molecular weight excluding hydrogens is 524 g/mol. The SMILES string of the molecule is C[C@@H](Nc1nc(N)ncc1-c1cccc(S(C)(=O)=O)c1)c1nc2cccc(Cl)c2c(=O)n1-c1ccccc1. The van der Waals surface area contributed by atoms with Gasteiger partial charge >= 0.3 is 0 Å². The molecule has 0 bridgehead atoms. The lowest BCUT2D eigenvalue weighted by Crippen LogP contribution is -2.27. The highest BCUT2D eigenvalue weighted by Gasteiger charge is 2.21. The summed E-state index contributed by atoms with van der Waals surface area (Å²) in [6.45, 7) is 1.84. The zero-order valence-corrected chi connectivity index (χ0v) is 22.0. The van der Waals surface area contributed by atoms with Crippen LogP contribution < -0.4 is 16.6 Å². The van der Waals surface area contributed by atoms with Crippen LogP contribution >= 0.6 is 11.6 Å². The number of rotatable bonds is 6. The number of fused-ring (bicyclic) bond motifs is 1. The zero-order chi connectivity index (χ0) is 27.0. The Hall–Kier alpha value is -4.28. The van der Waals surface area contributed by atoms with Gasteiger partial charge in [0.1, 0.15) is 11.6 Å². The van der Waals surface area contributed by atoms with Crippen molar-refractivity contribution in [1.82, 2.24) is 19.5 Å². The van der Waals surface area contributed by atoms with Crippen LogP contribution in [0, 0.1) is 0 Å². The van der Waals surface area contributed by atoms with E-state index >= 15 is 0 Å². The molecule has 2 aromatic heterocycles. The first-order valence-electron chi connectivity index (χ1n) is 11.6. The van der Waals surface area contributed by atoms with Crippen LogP contribution in [0.3, 0.4) is 0 Å². The molecular formula is C27H23ClN6O3S. The first kappa shape index (κ1) is 25.4. The summed E-state index contributed by atoms with van der Waals surface area (Å²) in [7, 11) is -3.43. The van der Waals surface area contributed by atoms with Crippen LogP contribution in [0.1, 0.15) is 18.8 Å². The first-order valence-corrected chi connectivity index (χ1v) is 13.9. The maximum absolute atomic E-state index is 13.7. The van der Waals surface area contributed by atoms with E-state index in [9.17, 15) is 13.2 Å². The smallest absolute Gasteiger partial charge is 0.267 e. The number of nitrogens with one attached hydrogen (secondary N) is 1. The fourth-order valence-electron chi connectivity index (χ4n) is 4.20. The molecule has 5 rings (SSSR count). The van der Waals surface area contributed by atoms with E-state index in [4.69, 9.17) is 22.3 Å². The average molecular weight is 547 g/mol. The van der Waals surface area contributed by atoms with E-state index in [0.29, 0.717) is 44.4 Å². The van der Waals surface area contributed by atoms with Crippen molar-refractivity contribution in [2.45, 2.75) is 17.9 Å². The quantitative estimate of drug-likeness (QED) is 0.314. The standard InChI is InChI=1S/C27H23ClN6O3S/c1-16(31-24-20(15-30-27(29)33-24)17-8-6-11-19(14-17)38(2,36)37)25-32-22-13-7-12-21(28)23(22)26(35)34(25)18-9-4-3-5-10-18/h3-16H,1-2H3,(H3,29,30,31,33)/t16-/m1/s1. The number of halogens is 1. The molecule has 0 aliphatic carbocycles. The maximum atomic E-state index is 13.7. The molecule has 0 fully saturated rings. The van der Waals surface area contributed by atoms with Crippen LogP contribution in [0.25, 0.3) is 27.7 Å². The fourth-order valence-corrected chi connectivity index (χ4v) is 5.12. The molecule has 0 aliphatic heterocycles. The van der Waals surface area contributed by atoms with Gasteiger partial charge < -0.3 is 11.1 Å². The molecule has 1 atom stereocenters. The van der Waals surface area contributed by atoms with Crippen LogP contribution in [-0.4, -0.2) is 34.2 Å². The Morgan fingerprint density at radius 3 is 2.47 bits per heavy atom. The van der Waals surface area contributed by atoms with E-state index in [1.807, 2.05) is 37.3 Å². The molecule has 2 heterocycles. The van der Waals surface area contributed by atoms with Gasteiger partial charge in [-0.1, -0.05) is 48.0 Å². The lowest BCUT2D eigenvalue weighted by molar-refractivity contribution is 0.602. The van der Waals surface area contributed by atoms with Crippen molar-refractivity contribution in [2.75, 3.05) is 17.3 Å². The van der Waals surface area contributed by atoms with Crippen molar-refractivity contribution in [1.29, 1.82) is 0 Å². The van der Waals surface area contributed by atoms with Crippen LogP contribution in [0.15, 0.2) is 88.7 Å². The molecule has 0 aliphatic rings. The molecule has 38 heavy (non-hydrogen) atoms. The molecule has 0 saturated carbocycles. The summed E-state index contributed by atoms with van der Waals surface area (Å²) in [6.07, 6.45) is 2.67. The lowest BCUT2D eigenvalue weighted by Gasteiger charge is -2.21. The summed E-state index contributed by atoms with van der Waals surface area (Å²) >= 11 is 6.39. The van der Waals surface area contributed by atoms with E-state index in [2.05, 4.69) is 15.3 Å². The molecule has 11 heteroatoms. The Bertz CT molecular complexity index is 1840. The number of nitrogens with zero attached hydrogens (tertiary/aromatic N) is 4. The second-order valence-electron chi connectivity index (χ2n) is 8.74. The van der Waals surface area contributed by atoms with Crippen molar-refractivity contribution >= 4 is 44.1 Å². The van der Waals surface area contributed by atoms with Crippen molar-refractivity contribution < 1.29 is 8.42 Å². The molecule has 0 spiro atoms. The summed E-state index contributed by atoms with van der Waals surface area (Å²) in [5, 5.41) is 3.94. The molecule has 0 unspecified atom stereocenters. The highest BCUT2D eigenvalue weighted by Crippen LogP contribution is 2.31. The van der Waals surface area contributed by atoms with Crippen molar-refractivity contribution in [3.05, 3.63) is 100 Å². The fraction of sp³-hybridized carbons (Fsp3) is 0.111. The number of anilines is 2. The van der Waals surface area contributed by atoms with Crippen molar-refractivity contribution in [3.63, 3.8) is 0 Å². The molecule has 5 aromatic rings. The summed E-state index contributed by atoms with van der Waals surface area (Å²) in [5.41, 5.74) is 7.81. The van der Waals surface area contributed by atoms with Crippen LogP contribution in [0.4, 0.5) is 11.8 Å². The van der Waals surface area contributed by atoms with E-state index in [1.165, 1.54) is 16.8 Å². The number of nitrogen functional groups attached to an aromatic ring is 1. The maximum Gasteiger partial charge on any atom is 0.267 e. The van der Waals surface area contributed by atoms with Gasteiger partial charge in [0.2, 0.25) is 5.95 Å². The summed E-state index contributed by atoms with van der Waals surface area (Å²) < 4.78 is 25.8. The second kappa shape index (κ2) is 9.88. The minimum atomic E-state index is -3.43. The minimum Gasteiger partial charge on any atom is -0.368 e. The van der Waals surface area contributed by atoms with Gasteiger partial charge in [-0.2, -0.15) is 4.98 Å². The summed E-state index contributed by atoms with van der Waals surface area (Å²) in [6, 6.07) is 20.2. The van der Waals surface area contributed by atoms with E-state index < -0.39 is 15.9 Å². The average Bonchev–Trinajstić information content (AvgIpc) is 2.88. The number of aromatic nitrogens is 4. The second-order valence-corrected chi connectivity index (χ2v) is 11.2. The Labute approximate surface area is 223 Å². The highest BCUT2D eigenvalue weighted by atomic mass is 35.5. The molecule has 192 valence electrons. The molecule has 3 N–H and O–H groups in total. The van der Waals surface area contributed by atoms with E-state index in [1.54, 1.807) is 36.4 Å². The predicted molar refractivity (Wildman–Crippen MR) is 149 cm³/mol.